The number of rotatable bonds is 9. The molecule has 1 aliphatic heterocycles. The Labute approximate surface area is 170 Å². The van der Waals surface area contributed by atoms with Gasteiger partial charge >= 0.3 is 6.09 Å². The lowest BCUT2D eigenvalue weighted by Crippen LogP contribution is -2.50. The van der Waals surface area contributed by atoms with E-state index in [0.717, 1.165) is 18.4 Å². The predicted octanol–water partition coefficient (Wildman–Crippen LogP) is 1.62. The maximum Gasteiger partial charge on any atom is 0.408 e. The molecule has 1 saturated heterocycles. The molecule has 2 fully saturated rings. The number of ether oxygens (including phenoxy) is 1. The van der Waals surface area contributed by atoms with E-state index in [1.54, 1.807) is 0 Å². The second-order valence-corrected chi connectivity index (χ2v) is 7.64. The Morgan fingerprint density at radius 3 is 2.55 bits per heavy atom. The summed E-state index contributed by atoms with van der Waals surface area (Å²) in [6.07, 6.45) is 2.81. The van der Waals surface area contributed by atoms with Gasteiger partial charge in [-0.25, -0.2) is 4.79 Å². The number of benzene rings is 1. The summed E-state index contributed by atoms with van der Waals surface area (Å²) < 4.78 is 5.22. The average Bonchev–Trinajstić information content (AvgIpc) is 3.46. The first-order valence-corrected chi connectivity index (χ1v) is 10.00. The molecule has 2 aliphatic rings. The number of hydrogen-bond donors (Lipinski definition) is 3. The van der Waals surface area contributed by atoms with Gasteiger partial charge in [0.25, 0.3) is 0 Å². The van der Waals surface area contributed by atoms with Crippen molar-refractivity contribution in [2.45, 2.75) is 50.8 Å². The number of alkyl carbamates (subject to hydrolysis) is 1. The zero-order valence-corrected chi connectivity index (χ0v) is 16.2. The van der Waals surface area contributed by atoms with E-state index in [4.69, 9.17) is 4.74 Å². The summed E-state index contributed by atoms with van der Waals surface area (Å²) in [6, 6.07) is 9.78. The third kappa shape index (κ3) is 6.49. The summed E-state index contributed by atoms with van der Waals surface area (Å²) in [5, 5.41) is 17.4. The molecule has 0 unspecified atom stereocenters. The van der Waals surface area contributed by atoms with E-state index in [-0.39, 0.29) is 24.9 Å². The molecule has 0 bridgehead atoms. The van der Waals surface area contributed by atoms with E-state index in [1.165, 1.54) is 0 Å². The van der Waals surface area contributed by atoms with Gasteiger partial charge in [0.05, 0.1) is 6.07 Å². The molecule has 1 saturated carbocycles. The number of nitrogens with one attached hydrogen (secondary N) is 3. The summed E-state index contributed by atoms with van der Waals surface area (Å²) in [5.74, 6) is -0.387. The van der Waals surface area contributed by atoms with Crippen LogP contribution in [-0.2, 0) is 20.9 Å². The molecule has 1 aliphatic carbocycles. The predicted molar refractivity (Wildman–Crippen MR) is 104 cm³/mol. The number of carbonyl (C=O) groups is 3. The fraction of sp³-hybridized carbons (Fsp3) is 0.524. The summed E-state index contributed by atoms with van der Waals surface area (Å²) >= 11 is 0. The molecule has 3 amide bonds. The van der Waals surface area contributed by atoms with E-state index in [9.17, 15) is 19.6 Å². The van der Waals surface area contributed by atoms with Crippen LogP contribution < -0.4 is 16.0 Å². The van der Waals surface area contributed by atoms with Crippen LogP contribution >= 0.6 is 0 Å². The van der Waals surface area contributed by atoms with Gasteiger partial charge in [-0.1, -0.05) is 43.2 Å². The molecule has 3 rings (SSSR count). The first-order valence-electron chi connectivity index (χ1n) is 10.00. The third-order valence-electron chi connectivity index (χ3n) is 5.24. The van der Waals surface area contributed by atoms with Crippen LogP contribution in [0.2, 0.25) is 0 Å². The minimum Gasteiger partial charge on any atom is -0.445 e. The fourth-order valence-electron chi connectivity index (χ4n) is 3.40. The van der Waals surface area contributed by atoms with Gasteiger partial charge in [0.2, 0.25) is 11.8 Å². The number of hydrogen-bond acceptors (Lipinski definition) is 5. The highest BCUT2D eigenvalue weighted by Gasteiger charge is 2.33. The van der Waals surface area contributed by atoms with E-state index in [0.29, 0.717) is 25.3 Å². The fourth-order valence-corrected chi connectivity index (χ4v) is 3.40. The Morgan fingerprint density at radius 1 is 1.17 bits per heavy atom. The van der Waals surface area contributed by atoms with Crippen LogP contribution in [0.1, 0.15) is 37.7 Å². The summed E-state index contributed by atoms with van der Waals surface area (Å²) in [4.78, 5) is 36.6. The van der Waals surface area contributed by atoms with Gasteiger partial charge in [0.1, 0.15) is 18.7 Å². The molecule has 8 nitrogen and oxygen atoms in total. The Bertz CT molecular complexity index is 773. The molecular weight excluding hydrogens is 372 g/mol. The second kappa shape index (κ2) is 9.92. The first kappa shape index (κ1) is 20.6. The molecule has 154 valence electrons. The van der Waals surface area contributed by atoms with Gasteiger partial charge in [-0.05, 0) is 30.7 Å². The smallest absolute Gasteiger partial charge is 0.408 e. The summed E-state index contributed by atoms with van der Waals surface area (Å²) in [5.41, 5.74) is 0.852. The van der Waals surface area contributed by atoms with E-state index in [2.05, 4.69) is 16.0 Å². The van der Waals surface area contributed by atoms with Crippen LogP contribution in [0.4, 0.5) is 4.79 Å². The number of carbonyl (C=O) groups excluding carboxylic acids is 3. The Kier molecular flexibility index (Phi) is 7.06. The van der Waals surface area contributed by atoms with Crippen molar-refractivity contribution in [2.75, 3.05) is 6.54 Å². The lowest BCUT2D eigenvalue weighted by atomic mass is 9.98. The molecule has 29 heavy (non-hydrogen) atoms. The van der Waals surface area contributed by atoms with Crippen molar-refractivity contribution in [1.82, 2.24) is 16.0 Å². The highest BCUT2D eigenvalue weighted by molar-refractivity contribution is 5.86. The molecule has 1 aromatic carbocycles. The molecular formula is C21H26N4O4. The monoisotopic (exact) mass is 398 g/mol. The van der Waals surface area contributed by atoms with Gasteiger partial charge in [0.15, 0.2) is 0 Å². The van der Waals surface area contributed by atoms with Crippen molar-refractivity contribution >= 4 is 17.9 Å². The molecule has 3 N–H and O–H groups in total. The van der Waals surface area contributed by atoms with Crippen LogP contribution in [0.15, 0.2) is 30.3 Å². The molecule has 1 aromatic rings. The van der Waals surface area contributed by atoms with Crippen molar-refractivity contribution in [1.29, 1.82) is 5.26 Å². The molecule has 0 radical (unpaired) electrons. The van der Waals surface area contributed by atoms with Crippen molar-refractivity contribution < 1.29 is 19.1 Å². The van der Waals surface area contributed by atoms with E-state index >= 15 is 0 Å². The molecule has 0 spiro atoms. The van der Waals surface area contributed by atoms with Crippen molar-refractivity contribution in [3.05, 3.63) is 35.9 Å². The van der Waals surface area contributed by atoms with Gasteiger partial charge in [-0.3, -0.25) is 9.59 Å². The zero-order valence-electron chi connectivity index (χ0n) is 16.2. The SMILES string of the molecule is N#C[C@H](C[C@@H]1CCNC1=O)NC(=O)[C@H](CC1CC1)NC(=O)OCc1ccccc1. The number of nitrogens with zero attached hydrogens (tertiary/aromatic N) is 1. The van der Waals surface area contributed by atoms with Crippen LogP contribution in [0, 0.1) is 23.2 Å². The van der Waals surface area contributed by atoms with Gasteiger partial charge in [-0.2, -0.15) is 5.26 Å². The summed E-state index contributed by atoms with van der Waals surface area (Å²) in [7, 11) is 0. The number of amides is 3. The van der Waals surface area contributed by atoms with Crippen LogP contribution in [0.5, 0.6) is 0 Å². The van der Waals surface area contributed by atoms with Crippen LogP contribution in [0.3, 0.4) is 0 Å². The number of nitriles is 1. The second-order valence-electron chi connectivity index (χ2n) is 7.64. The van der Waals surface area contributed by atoms with Gasteiger partial charge < -0.3 is 20.7 Å². The highest BCUT2D eigenvalue weighted by atomic mass is 16.5. The maximum absolute atomic E-state index is 12.7. The van der Waals surface area contributed by atoms with Gasteiger partial charge in [-0.15, -0.1) is 0 Å². The average molecular weight is 398 g/mol. The van der Waals surface area contributed by atoms with Crippen LogP contribution in [0.25, 0.3) is 0 Å². The molecule has 1 heterocycles. The van der Waals surface area contributed by atoms with Gasteiger partial charge in [0, 0.05) is 12.5 Å². The first-order chi connectivity index (χ1) is 14.0. The molecule has 8 heteroatoms. The Balaban J connectivity index is 1.52. The third-order valence-corrected chi connectivity index (χ3v) is 5.24. The van der Waals surface area contributed by atoms with Crippen molar-refractivity contribution in [3.8, 4) is 6.07 Å². The van der Waals surface area contributed by atoms with Crippen LogP contribution in [-0.4, -0.2) is 36.5 Å². The molecule has 3 atom stereocenters. The zero-order chi connectivity index (χ0) is 20.6. The Hall–Kier alpha value is -3.08. The minimum atomic E-state index is -0.778. The topological polar surface area (TPSA) is 120 Å². The molecule has 0 aromatic heterocycles. The lowest BCUT2D eigenvalue weighted by Gasteiger charge is -2.21. The maximum atomic E-state index is 12.7. The van der Waals surface area contributed by atoms with E-state index in [1.807, 2.05) is 36.4 Å². The van der Waals surface area contributed by atoms with Crippen molar-refractivity contribution in [3.63, 3.8) is 0 Å². The van der Waals surface area contributed by atoms with E-state index < -0.39 is 24.1 Å². The largest absolute Gasteiger partial charge is 0.445 e. The lowest BCUT2D eigenvalue weighted by molar-refractivity contribution is -0.125. The standard InChI is InChI=1S/C21H26N4O4/c22-12-17(11-16-8-9-23-19(16)26)24-20(27)18(10-14-6-7-14)25-21(28)29-13-15-4-2-1-3-5-15/h1-5,14,16-18H,6-11,13H2,(H,23,26)(H,24,27)(H,25,28)/t16-,17-,18-/m0/s1. The van der Waals surface area contributed by atoms with Crippen molar-refractivity contribution in [2.24, 2.45) is 11.8 Å². The minimum absolute atomic E-state index is 0.0864. The Morgan fingerprint density at radius 2 is 1.93 bits per heavy atom. The summed E-state index contributed by atoms with van der Waals surface area (Å²) in [6.45, 7) is 0.705. The normalized spacial score (nSPS) is 20.1. The quantitative estimate of drug-likeness (QED) is 0.584. The highest BCUT2D eigenvalue weighted by Crippen LogP contribution is 2.33.